The van der Waals surface area contributed by atoms with E-state index in [1.165, 1.54) is 0 Å². The smallest absolute Gasteiger partial charge is 0.311 e. The molecule has 2 atom stereocenters. The number of likely N-dealkylation sites (tertiary alicyclic amines) is 1. The van der Waals surface area contributed by atoms with Crippen LogP contribution in [0.5, 0.6) is 0 Å². The van der Waals surface area contributed by atoms with Crippen molar-refractivity contribution >= 4 is 11.9 Å². The van der Waals surface area contributed by atoms with Crippen LogP contribution in [0.2, 0.25) is 0 Å². The third kappa shape index (κ3) is 5.06. The number of aliphatic hydroxyl groups is 1. The largest absolute Gasteiger partial charge is 0.463 e. The summed E-state index contributed by atoms with van der Waals surface area (Å²) >= 11 is 0. The van der Waals surface area contributed by atoms with E-state index in [0.717, 1.165) is 25.8 Å². The van der Waals surface area contributed by atoms with Gasteiger partial charge in [0.15, 0.2) is 0 Å². The molecule has 1 aromatic heterocycles. The van der Waals surface area contributed by atoms with Gasteiger partial charge >= 0.3 is 5.97 Å². The maximum atomic E-state index is 12.4. The van der Waals surface area contributed by atoms with Crippen molar-refractivity contribution in [1.82, 2.24) is 14.5 Å². The molecule has 0 saturated carbocycles. The van der Waals surface area contributed by atoms with E-state index in [4.69, 9.17) is 9.84 Å². The van der Waals surface area contributed by atoms with E-state index in [2.05, 4.69) is 16.5 Å². The Morgan fingerprint density at radius 3 is 2.73 bits per heavy atom. The average molecular weight is 365 g/mol. The number of rotatable bonds is 10. The second-order valence-corrected chi connectivity index (χ2v) is 7.60. The summed E-state index contributed by atoms with van der Waals surface area (Å²) in [6.45, 7) is 6.37. The van der Waals surface area contributed by atoms with Gasteiger partial charge in [-0.2, -0.15) is 0 Å². The highest BCUT2D eigenvalue weighted by atomic mass is 16.5. The van der Waals surface area contributed by atoms with E-state index in [1.54, 1.807) is 12.5 Å². The number of amides is 1. The van der Waals surface area contributed by atoms with Gasteiger partial charge < -0.3 is 19.3 Å². The fourth-order valence-corrected chi connectivity index (χ4v) is 3.68. The Bertz CT molecular complexity index is 586. The highest BCUT2D eigenvalue weighted by Crippen LogP contribution is 2.33. The van der Waals surface area contributed by atoms with Gasteiger partial charge in [-0.25, -0.2) is 4.98 Å². The van der Waals surface area contributed by atoms with Crippen molar-refractivity contribution in [1.29, 1.82) is 0 Å². The fourth-order valence-electron chi connectivity index (χ4n) is 3.68. The van der Waals surface area contributed by atoms with Crippen LogP contribution in [0.15, 0.2) is 18.7 Å². The fraction of sp³-hybridized carbons (Fsp3) is 0.737. The van der Waals surface area contributed by atoms with Crippen LogP contribution in [0.3, 0.4) is 0 Å². The maximum Gasteiger partial charge on any atom is 0.311 e. The molecule has 0 spiro atoms. The SMILES string of the molecule is CCC(CC(CC(C)(C)C(=O)OCCO)N1CCCC1=O)n1ccnc1. The molecule has 146 valence electrons. The Kier molecular flexibility index (Phi) is 7.20. The first-order valence-electron chi connectivity index (χ1n) is 9.44. The molecule has 1 N–H and O–H groups in total. The molecule has 2 rings (SSSR count). The van der Waals surface area contributed by atoms with E-state index >= 15 is 0 Å². The Hall–Kier alpha value is -1.89. The summed E-state index contributed by atoms with van der Waals surface area (Å²) in [5, 5.41) is 8.89. The van der Waals surface area contributed by atoms with Gasteiger partial charge in [0, 0.05) is 37.4 Å². The minimum Gasteiger partial charge on any atom is -0.463 e. The standard InChI is InChI=1S/C19H31N3O4/c1-4-15(21-9-7-20-14-21)12-16(22-8-5-6-17(22)24)13-19(2,3)18(25)26-11-10-23/h7,9,14-16,23H,4-6,8,10-13H2,1-3H3. The average Bonchev–Trinajstić information content (AvgIpc) is 3.28. The predicted octanol–water partition coefficient (Wildman–Crippen LogP) is 2.17. The van der Waals surface area contributed by atoms with Crippen molar-refractivity contribution in [3.63, 3.8) is 0 Å². The minimum absolute atomic E-state index is 0.00218. The molecule has 1 amide bonds. The Morgan fingerprint density at radius 1 is 1.42 bits per heavy atom. The van der Waals surface area contributed by atoms with E-state index < -0.39 is 5.41 Å². The number of ether oxygens (including phenoxy) is 1. The second kappa shape index (κ2) is 9.16. The van der Waals surface area contributed by atoms with E-state index in [-0.39, 0.29) is 37.2 Å². The number of carbonyl (C=O) groups excluding carboxylic acids is 2. The van der Waals surface area contributed by atoms with Gasteiger partial charge in [-0.3, -0.25) is 9.59 Å². The lowest BCUT2D eigenvalue weighted by molar-refractivity contribution is -0.156. The van der Waals surface area contributed by atoms with Crippen LogP contribution in [0.1, 0.15) is 58.9 Å². The molecule has 2 unspecified atom stereocenters. The molecule has 1 aliphatic heterocycles. The first-order valence-corrected chi connectivity index (χ1v) is 9.44. The summed E-state index contributed by atoms with van der Waals surface area (Å²) in [5.74, 6) is -0.172. The highest BCUT2D eigenvalue weighted by Gasteiger charge is 2.38. The third-order valence-electron chi connectivity index (χ3n) is 5.14. The first-order chi connectivity index (χ1) is 12.4. The molecular formula is C19H31N3O4. The van der Waals surface area contributed by atoms with Crippen LogP contribution in [0, 0.1) is 5.41 Å². The van der Waals surface area contributed by atoms with Crippen LogP contribution < -0.4 is 0 Å². The molecule has 1 saturated heterocycles. The summed E-state index contributed by atoms with van der Waals surface area (Å²) in [7, 11) is 0. The van der Waals surface area contributed by atoms with Crippen molar-refractivity contribution in [3.8, 4) is 0 Å². The molecule has 7 nitrogen and oxygen atoms in total. The zero-order chi connectivity index (χ0) is 19.2. The lowest BCUT2D eigenvalue weighted by atomic mass is 9.83. The molecule has 0 aliphatic carbocycles. The predicted molar refractivity (Wildman–Crippen MR) is 97.3 cm³/mol. The van der Waals surface area contributed by atoms with Gasteiger partial charge in [-0.15, -0.1) is 0 Å². The molecule has 1 aliphatic rings. The van der Waals surface area contributed by atoms with Crippen LogP contribution >= 0.6 is 0 Å². The van der Waals surface area contributed by atoms with Gasteiger partial charge in [-0.05, 0) is 39.5 Å². The lowest BCUT2D eigenvalue weighted by Gasteiger charge is -2.36. The number of aliphatic hydroxyl groups excluding tert-OH is 1. The van der Waals surface area contributed by atoms with E-state index in [0.29, 0.717) is 12.8 Å². The molecular weight excluding hydrogens is 334 g/mol. The highest BCUT2D eigenvalue weighted by molar-refractivity contribution is 5.79. The van der Waals surface area contributed by atoms with Gasteiger partial charge in [0.05, 0.1) is 18.3 Å². The summed E-state index contributed by atoms with van der Waals surface area (Å²) in [6.07, 6.45) is 9.18. The Labute approximate surface area is 155 Å². The molecule has 1 aromatic rings. The summed E-state index contributed by atoms with van der Waals surface area (Å²) in [6, 6.07) is 0.189. The van der Waals surface area contributed by atoms with Crippen LogP contribution in [0.25, 0.3) is 0 Å². The number of hydrogen-bond donors (Lipinski definition) is 1. The monoisotopic (exact) mass is 365 g/mol. The first kappa shape index (κ1) is 20.4. The second-order valence-electron chi connectivity index (χ2n) is 7.60. The molecule has 7 heteroatoms. The maximum absolute atomic E-state index is 12.4. The number of hydrogen-bond acceptors (Lipinski definition) is 5. The number of carbonyl (C=O) groups is 2. The van der Waals surface area contributed by atoms with Crippen LogP contribution in [-0.4, -0.2) is 57.2 Å². The van der Waals surface area contributed by atoms with Crippen molar-refractivity contribution < 1.29 is 19.4 Å². The number of nitrogens with zero attached hydrogens (tertiary/aromatic N) is 3. The Morgan fingerprint density at radius 2 is 2.19 bits per heavy atom. The lowest BCUT2D eigenvalue weighted by Crippen LogP contribution is -2.43. The van der Waals surface area contributed by atoms with Gasteiger partial charge in [0.25, 0.3) is 0 Å². The number of imidazole rings is 1. The minimum atomic E-state index is -0.726. The normalized spacial score (nSPS) is 17.4. The Balaban J connectivity index is 2.15. The molecule has 0 bridgehead atoms. The van der Waals surface area contributed by atoms with Gasteiger partial charge in [0.2, 0.25) is 5.91 Å². The quantitative estimate of drug-likeness (QED) is 0.642. The van der Waals surface area contributed by atoms with E-state index in [1.807, 2.05) is 24.9 Å². The van der Waals surface area contributed by atoms with Crippen LogP contribution in [0.4, 0.5) is 0 Å². The van der Waals surface area contributed by atoms with E-state index in [9.17, 15) is 9.59 Å². The number of aromatic nitrogens is 2. The third-order valence-corrected chi connectivity index (χ3v) is 5.14. The number of esters is 1. The van der Waals surface area contributed by atoms with Crippen molar-refractivity contribution in [3.05, 3.63) is 18.7 Å². The topological polar surface area (TPSA) is 84.7 Å². The van der Waals surface area contributed by atoms with Gasteiger partial charge in [0.1, 0.15) is 6.61 Å². The van der Waals surface area contributed by atoms with Gasteiger partial charge in [-0.1, -0.05) is 6.92 Å². The molecule has 1 fully saturated rings. The summed E-state index contributed by atoms with van der Waals surface area (Å²) < 4.78 is 7.22. The van der Waals surface area contributed by atoms with Crippen molar-refractivity contribution in [2.45, 2.75) is 65.0 Å². The zero-order valence-electron chi connectivity index (χ0n) is 16.1. The summed E-state index contributed by atoms with van der Waals surface area (Å²) in [4.78, 5) is 30.8. The van der Waals surface area contributed by atoms with Crippen molar-refractivity contribution in [2.75, 3.05) is 19.8 Å². The molecule has 0 aromatic carbocycles. The molecule has 26 heavy (non-hydrogen) atoms. The van der Waals surface area contributed by atoms with Crippen LogP contribution in [-0.2, 0) is 14.3 Å². The molecule has 2 heterocycles. The zero-order valence-corrected chi connectivity index (χ0v) is 16.1. The molecule has 0 radical (unpaired) electrons. The van der Waals surface area contributed by atoms with Crippen molar-refractivity contribution in [2.24, 2.45) is 5.41 Å². The summed E-state index contributed by atoms with van der Waals surface area (Å²) in [5.41, 5.74) is -0.726.